The van der Waals surface area contributed by atoms with Crippen LogP contribution in [0.4, 0.5) is 0 Å². The monoisotopic (exact) mass is 246 g/mol. The quantitative estimate of drug-likeness (QED) is 0.753. The standard InChI is InChI=1S/C11H24N2S.C2H6/c1-11(13(3)8-9-14-4)6-5-7-12(2)10-11;1-2/h5-10H2,1-4H3;1-2H3. The van der Waals surface area contributed by atoms with Crippen molar-refractivity contribution in [2.24, 2.45) is 0 Å². The Balaban J connectivity index is 0.00000106. The highest BCUT2D eigenvalue weighted by Gasteiger charge is 2.32. The molecule has 0 N–H and O–H groups in total. The molecule has 1 atom stereocenters. The summed E-state index contributed by atoms with van der Waals surface area (Å²) in [4.78, 5) is 5.00. The van der Waals surface area contributed by atoms with Crippen LogP contribution in [0, 0.1) is 0 Å². The van der Waals surface area contributed by atoms with Gasteiger partial charge in [-0.05, 0) is 46.7 Å². The van der Waals surface area contributed by atoms with Crippen molar-refractivity contribution < 1.29 is 0 Å². The van der Waals surface area contributed by atoms with Crippen LogP contribution in [0.3, 0.4) is 0 Å². The zero-order valence-electron chi connectivity index (χ0n) is 12.0. The van der Waals surface area contributed by atoms with Crippen LogP contribution in [0.5, 0.6) is 0 Å². The second-order valence-electron chi connectivity index (χ2n) is 4.75. The number of likely N-dealkylation sites (tertiary alicyclic amines) is 1. The van der Waals surface area contributed by atoms with Crippen molar-refractivity contribution in [3.63, 3.8) is 0 Å². The van der Waals surface area contributed by atoms with Crippen molar-refractivity contribution in [1.82, 2.24) is 9.80 Å². The lowest BCUT2D eigenvalue weighted by Crippen LogP contribution is -2.55. The summed E-state index contributed by atoms with van der Waals surface area (Å²) in [6.45, 7) is 10.1. The van der Waals surface area contributed by atoms with Crippen molar-refractivity contribution in [3.05, 3.63) is 0 Å². The van der Waals surface area contributed by atoms with Gasteiger partial charge in [0.2, 0.25) is 0 Å². The van der Waals surface area contributed by atoms with Crippen LogP contribution in [0.15, 0.2) is 0 Å². The van der Waals surface area contributed by atoms with Gasteiger partial charge in [0.15, 0.2) is 0 Å². The number of rotatable bonds is 4. The summed E-state index contributed by atoms with van der Waals surface area (Å²) in [6, 6.07) is 0. The number of hydrogen-bond donors (Lipinski definition) is 0. The Kier molecular flexibility index (Phi) is 8.52. The van der Waals surface area contributed by atoms with Gasteiger partial charge < -0.3 is 4.90 Å². The molecule has 1 saturated heterocycles. The van der Waals surface area contributed by atoms with Crippen molar-refractivity contribution >= 4 is 11.8 Å². The molecule has 0 aromatic heterocycles. The summed E-state index contributed by atoms with van der Waals surface area (Å²) in [7, 11) is 4.51. The van der Waals surface area contributed by atoms with E-state index in [9.17, 15) is 0 Å². The molecule has 0 aromatic carbocycles. The first-order chi connectivity index (χ1) is 7.58. The van der Waals surface area contributed by atoms with Crippen LogP contribution < -0.4 is 0 Å². The van der Waals surface area contributed by atoms with E-state index in [0.29, 0.717) is 5.54 Å². The summed E-state index contributed by atoms with van der Waals surface area (Å²) in [5.74, 6) is 1.25. The van der Waals surface area contributed by atoms with E-state index in [1.807, 2.05) is 25.6 Å². The third-order valence-corrected chi connectivity index (χ3v) is 4.01. The van der Waals surface area contributed by atoms with E-state index in [1.54, 1.807) is 0 Å². The molecule has 1 rings (SSSR count). The van der Waals surface area contributed by atoms with E-state index < -0.39 is 0 Å². The average molecular weight is 246 g/mol. The fourth-order valence-electron chi connectivity index (χ4n) is 2.28. The average Bonchev–Trinajstić information content (AvgIpc) is 2.28. The molecule has 0 aromatic rings. The van der Waals surface area contributed by atoms with Crippen LogP contribution in [0.2, 0.25) is 0 Å². The molecule has 3 heteroatoms. The smallest absolute Gasteiger partial charge is 0.0306 e. The van der Waals surface area contributed by atoms with Crippen molar-refractivity contribution in [2.45, 2.75) is 39.2 Å². The predicted octanol–water partition coefficient (Wildman–Crippen LogP) is 2.79. The van der Waals surface area contributed by atoms with Gasteiger partial charge in [0.05, 0.1) is 0 Å². The minimum Gasteiger partial charge on any atom is -0.305 e. The molecule has 0 saturated carbocycles. The van der Waals surface area contributed by atoms with Gasteiger partial charge in [-0.15, -0.1) is 0 Å². The Morgan fingerprint density at radius 2 is 2.00 bits per heavy atom. The zero-order valence-corrected chi connectivity index (χ0v) is 12.9. The molecule has 16 heavy (non-hydrogen) atoms. The fraction of sp³-hybridized carbons (Fsp3) is 1.00. The zero-order chi connectivity index (χ0) is 12.6. The number of piperidine rings is 1. The van der Waals surface area contributed by atoms with Crippen LogP contribution in [0.25, 0.3) is 0 Å². The van der Waals surface area contributed by atoms with Crippen molar-refractivity contribution in [2.75, 3.05) is 45.7 Å². The second kappa shape index (κ2) is 8.37. The maximum absolute atomic E-state index is 2.54. The summed E-state index contributed by atoms with van der Waals surface area (Å²) < 4.78 is 0. The topological polar surface area (TPSA) is 6.48 Å². The van der Waals surface area contributed by atoms with Gasteiger partial charge in [0.1, 0.15) is 0 Å². The number of thioether (sulfide) groups is 1. The Morgan fingerprint density at radius 1 is 1.38 bits per heavy atom. The van der Waals surface area contributed by atoms with E-state index in [-0.39, 0.29) is 0 Å². The Bertz CT molecular complexity index is 175. The largest absolute Gasteiger partial charge is 0.305 e. The van der Waals surface area contributed by atoms with Crippen molar-refractivity contribution in [3.8, 4) is 0 Å². The SMILES string of the molecule is CC.CSCCN(C)C1(C)CCCN(C)C1. The normalized spacial score (nSPS) is 26.4. The second-order valence-corrected chi connectivity index (χ2v) is 5.74. The van der Waals surface area contributed by atoms with Gasteiger partial charge in [-0.1, -0.05) is 13.8 Å². The molecule has 2 nitrogen and oxygen atoms in total. The molecular weight excluding hydrogens is 216 g/mol. The van der Waals surface area contributed by atoms with E-state index >= 15 is 0 Å². The molecule has 1 aliphatic heterocycles. The molecule has 98 valence electrons. The van der Waals surface area contributed by atoms with Gasteiger partial charge in [0.25, 0.3) is 0 Å². The summed E-state index contributed by atoms with van der Waals surface area (Å²) in [5.41, 5.74) is 0.405. The molecular formula is C13H30N2S. The molecule has 0 aliphatic carbocycles. The third-order valence-electron chi connectivity index (χ3n) is 3.42. The van der Waals surface area contributed by atoms with Gasteiger partial charge in [-0.2, -0.15) is 11.8 Å². The molecule has 0 amide bonds. The Morgan fingerprint density at radius 3 is 2.50 bits per heavy atom. The van der Waals surface area contributed by atoms with Gasteiger partial charge in [0, 0.05) is 24.4 Å². The maximum atomic E-state index is 2.54. The Labute approximate surface area is 107 Å². The first-order valence-electron chi connectivity index (χ1n) is 6.47. The van der Waals surface area contributed by atoms with Gasteiger partial charge in [-0.3, -0.25) is 4.90 Å². The first kappa shape index (κ1) is 16.3. The third kappa shape index (κ3) is 5.07. The lowest BCUT2D eigenvalue weighted by Gasteiger charge is -2.45. The minimum absolute atomic E-state index is 0.405. The van der Waals surface area contributed by atoms with E-state index in [2.05, 4.69) is 37.1 Å². The van der Waals surface area contributed by atoms with Crippen LogP contribution >= 0.6 is 11.8 Å². The van der Waals surface area contributed by atoms with Crippen LogP contribution in [-0.4, -0.2) is 61.1 Å². The molecule has 0 bridgehead atoms. The van der Waals surface area contributed by atoms with Crippen LogP contribution in [0.1, 0.15) is 33.6 Å². The molecule has 1 unspecified atom stereocenters. The highest BCUT2D eigenvalue weighted by Crippen LogP contribution is 2.25. The highest BCUT2D eigenvalue weighted by atomic mass is 32.2. The molecule has 0 spiro atoms. The van der Waals surface area contributed by atoms with E-state index in [1.165, 1.54) is 38.2 Å². The predicted molar refractivity (Wildman–Crippen MR) is 77.5 cm³/mol. The van der Waals surface area contributed by atoms with Crippen molar-refractivity contribution in [1.29, 1.82) is 0 Å². The molecule has 0 radical (unpaired) electrons. The van der Waals surface area contributed by atoms with E-state index in [4.69, 9.17) is 0 Å². The molecule has 1 aliphatic rings. The maximum Gasteiger partial charge on any atom is 0.0306 e. The number of nitrogens with zero attached hydrogens (tertiary/aromatic N) is 2. The Hall–Kier alpha value is 0.270. The summed E-state index contributed by atoms with van der Waals surface area (Å²) in [6.07, 6.45) is 4.88. The lowest BCUT2D eigenvalue weighted by atomic mass is 9.90. The summed E-state index contributed by atoms with van der Waals surface area (Å²) >= 11 is 1.94. The molecule has 1 fully saturated rings. The first-order valence-corrected chi connectivity index (χ1v) is 7.86. The van der Waals surface area contributed by atoms with E-state index in [0.717, 1.165) is 0 Å². The van der Waals surface area contributed by atoms with Gasteiger partial charge >= 0.3 is 0 Å². The lowest BCUT2D eigenvalue weighted by molar-refractivity contribution is 0.0579. The number of hydrogen-bond acceptors (Lipinski definition) is 3. The molecule has 1 heterocycles. The summed E-state index contributed by atoms with van der Waals surface area (Å²) in [5, 5.41) is 0. The minimum atomic E-state index is 0.405. The van der Waals surface area contributed by atoms with Gasteiger partial charge in [-0.25, -0.2) is 0 Å². The number of likely N-dealkylation sites (N-methyl/N-ethyl adjacent to an activating group) is 2. The van der Waals surface area contributed by atoms with Crippen LogP contribution in [-0.2, 0) is 0 Å². The highest BCUT2D eigenvalue weighted by molar-refractivity contribution is 7.98. The fourth-order valence-corrected chi connectivity index (χ4v) is 2.74.